The van der Waals surface area contributed by atoms with Crippen LogP contribution in [0, 0.1) is 0 Å². The Morgan fingerprint density at radius 2 is 1.69 bits per heavy atom. The topological polar surface area (TPSA) is 78.5 Å². The summed E-state index contributed by atoms with van der Waals surface area (Å²) in [5, 5.41) is 5.83. The zero-order valence-corrected chi connectivity index (χ0v) is 16.3. The predicted molar refractivity (Wildman–Crippen MR) is 105 cm³/mol. The van der Waals surface area contributed by atoms with Crippen molar-refractivity contribution in [3.63, 3.8) is 0 Å². The lowest BCUT2D eigenvalue weighted by Crippen LogP contribution is -2.31. The van der Waals surface area contributed by atoms with Crippen LogP contribution in [0.5, 0.6) is 0 Å². The number of halogens is 1. The highest BCUT2D eigenvalue weighted by atomic mass is 35.5. The Kier molecular flexibility index (Phi) is 7.02. The molecule has 0 atom stereocenters. The normalized spacial score (nSPS) is 11.4. The Labute approximate surface area is 159 Å². The Morgan fingerprint density at radius 1 is 1.04 bits per heavy atom. The van der Waals surface area contributed by atoms with Gasteiger partial charge in [-0.15, -0.1) is 0 Å². The van der Waals surface area contributed by atoms with E-state index in [1.165, 1.54) is 16.4 Å². The van der Waals surface area contributed by atoms with E-state index in [4.69, 9.17) is 11.6 Å². The van der Waals surface area contributed by atoms with Gasteiger partial charge in [0, 0.05) is 24.5 Å². The third-order valence-corrected chi connectivity index (χ3v) is 6.30. The number of benzene rings is 2. The van der Waals surface area contributed by atoms with Crippen molar-refractivity contribution in [1.29, 1.82) is 0 Å². The largest absolute Gasteiger partial charge is 0.376 e. The van der Waals surface area contributed by atoms with E-state index in [9.17, 15) is 13.2 Å². The molecule has 0 heterocycles. The molecule has 0 saturated heterocycles. The lowest BCUT2D eigenvalue weighted by molar-refractivity contribution is -0.114. The van der Waals surface area contributed by atoms with E-state index in [1.54, 1.807) is 32.0 Å². The lowest BCUT2D eigenvalue weighted by atomic mass is 10.3. The zero-order valence-electron chi connectivity index (χ0n) is 14.7. The highest BCUT2D eigenvalue weighted by molar-refractivity contribution is 7.89. The molecule has 0 saturated carbocycles. The smallest absolute Gasteiger partial charge is 0.244 e. The van der Waals surface area contributed by atoms with Crippen molar-refractivity contribution in [2.45, 2.75) is 18.7 Å². The molecule has 26 heavy (non-hydrogen) atoms. The second kappa shape index (κ2) is 9.02. The van der Waals surface area contributed by atoms with Gasteiger partial charge in [-0.2, -0.15) is 4.31 Å². The van der Waals surface area contributed by atoms with Gasteiger partial charge in [-0.1, -0.05) is 43.6 Å². The van der Waals surface area contributed by atoms with Gasteiger partial charge in [-0.25, -0.2) is 8.42 Å². The number of sulfonamides is 1. The van der Waals surface area contributed by atoms with Gasteiger partial charge in [0.2, 0.25) is 15.9 Å². The minimum absolute atomic E-state index is 0.00127. The summed E-state index contributed by atoms with van der Waals surface area (Å²) >= 11 is 6.10. The van der Waals surface area contributed by atoms with Gasteiger partial charge in [0.15, 0.2) is 0 Å². The Hall–Kier alpha value is -2.09. The number of nitrogens with zero attached hydrogens (tertiary/aromatic N) is 1. The summed E-state index contributed by atoms with van der Waals surface area (Å²) in [6.07, 6.45) is 0. The molecular formula is C18H22ClN3O3S. The average Bonchev–Trinajstić information content (AvgIpc) is 2.62. The Balaban J connectivity index is 2.11. The second-order valence-corrected chi connectivity index (χ2v) is 7.82. The molecule has 0 aliphatic carbocycles. The molecule has 1 amide bonds. The molecule has 0 fully saturated rings. The van der Waals surface area contributed by atoms with Crippen LogP contribution in [-0.4, -0.2) is 38.3 Å². The van der Waals surface area contributed by atoms with Crippen LogP contribution in [0.15, 0.2) is 53.4 Å². The van der Waals surface area contributed by atoms with E-state index >= 15 is 0 Å². The maximum Gasteiger partial charge on any atom is 0.244 e. The molecule has 0 aliphatic heterocycles. The number of carbonyl (C=O) groups excluding carboxylic acids is 1. The van der Waals surface area contributed by atoms with Gasteiger partial charge in [0.25, 0.3) is 0 Å². The first-order chi connectivity index (χ1) is 12.4. The van der Waals surface area contributed by atoms with Crippen LogP contribution < -0.4 is 10.6 Å². The monoisotopic (exact) mass is 395 g/mol. The molecule has 6 nitrogen and oxygen atoms in total. The van der Waals surface area contributed by atoms with Crippen LogP contribution in [0.25, 0.3) is 0 Å². The summed E-state index contributed by atoms with van der Waals surface area (Å²) in [6, 6.07) is 13.7. The number of nitrogens with one attached hydrogen (secondary N) is 2. The third kappa shape index (κ3) is 4.97. The number of rotatable bonds is 8. The quantitative estimate of drug-likeness (QED) is 0.717. The molecule has 140 valence electrons. The second-order valence-electron chi connectivity index (χ2n) is 5.50. The highest BCUT2D eigenvalue weighted by Crippen LogP contribution is 2.27. The first-order valence-corrected chi connectivity index (χ1v) is 10.1. The molecule has 0 aromatic heterocycles. The first-order valence-electron chi connectivity index (χ1n) is 8.27. The van der Waals surface area contributed by atoms with E-state index in [-0.39, 0.29) is 22.4 Å². The molecular weight excluding hydrogens is 374 g/mol. The zero-order chi connectivity index (χ0) is 19.2. The SMILES string of the molecule is CCN(CC)S(=O)(=O)c1cc(NCC(=O)Nc2ccccc2)ccc1Cl. The van der Waals surface area contributed by atoms with Crippen molar-refractivity contribution in [3.8, 4) is 0 Å². The molecule has 0 radical (unpaired) electrons. The number of hydrogen-bond acceptors (Lipinski definition) is 4. The molecule has 0 spiro atoms. The summed E-state index contributed by atoms with van der Waals surface area (Å²) in [5.74, 6) is -0.237. The molecule has 2 N–H and O–H groups in total. The van der Waals surface area contributed by atoms with Crippen molar-refractivity contribution >= 4 is 38.9 Å². The minimum atomic E-state index is -3.68. The van der Waals surface area contributed by atoms with Gasteiger partial charge in [-0.05, 0) is 30.3 Å². The fourth-order valence-electron chi connectivity index (χ4n) is 2.42. The predicted octanol–water partition coefficient (Wildman–Crippen LogP) is 3.42. The van der Waals surface area contributed by atoms with E-state index in [2.05, 4.69) is 10.6 Å². The molecule has 2 aromatic carbocycles. The maximum absolute atomic E-state index is 12.7. The Morgan fingerprint density at radius 3 is 2.31 bits per heavy atom. The van der Waals surface area contributed by atoms with Crippen LogP contribution in [0.3, 0.4) is 0 Å². The molecule has 0 bridgehead atoms. The standard InChI is InChI=1S/C18H22ClN3O3S/c1-3-22(4-2)26(24,25)17-12-15(10-11-16(17)19)20-13-18(23)21-14-8-6-5-7-9-14/h5-12,20H,3-4,13H2,1-2H3,(H,21,23). The molecule has 2 aromatic rings. The minimum Gasteiger partial charge on any atom is -0.376 e. The van der Waals surface area contributed by atoms with Crippen LogP contribution in [0.2, 0.25) is 5.02 Å². The fraction of sp³-hybridized carbons (Fsp3) is 0.278. The van der Waals surface area contributed by atoms with Crippen LogP contribution in [0.1, 0.15) is 13.8 Å². The van der Waals surface area contributed by atoms with Crippen LogP contribution >= 0.6 is 11.6 Å². The third-order valence-electron chi connectivity index (χ3n) is 3.77. The van der Waals surface area contributed by atoms with Crippen LogP contribution in [0.4, 0.5) is 11.4 Å². The summed E-state index contributed by atoms with van der Waals surface area (Å²) in [5.41, 5.74) is 1.20. The van der Waals surface area contributed by atoms with E-state index in [0.29, 0.717) is 24.5 Å². The number of amides is 1. The van der Waals surface area contributed by atoms with E-state index < -0.39 is 10.0 Å². The molecule has 0 unspecified atom stereocenters. The van der Waals surface area contributed by atoms with E-state index in [0.717, 1.165) is 0 Å². The van der Waals surface area contributed by atoms with Gasteiger partial charge < -0.3 is 10.6 Å². The molecule has 2 rings (SSSR count). The lowest BCUT2D eigenvalue weighted by Gasteiger charge is -2.20. The summed E-state index contributed by atoms with van der Waals surface area (Å²) in [6.45, 7) is 4.25. The average molecular weight is 396 g/mol. The first kappa shape index (κ1) is 20.2. The van der Waals surface area contributed by atoms with E-state index in [1.807, 2.05) is 18.2 Å². The van der Waals surface area contributed by atoms with Crippen molar-refractivity contribution < 1.29 is 13.2 Å². The summed E-state index contributed by atoms with van der Waals surface area (Å²) in [7, 11) is -3.68. The number of carbonyl (C=O) groups is 1. The number of hydrogen-bond donors (Lipinski definition) is 2. The number of para-hydroxylation sites is 1. The highest BCUT2D eigenvalue weighted by Gasteiger charge is 2.24. The summed E-state index contributed by atoms with van der Waals surface area (Å²) in [4.78, 5) is 12.0. The van der Waals surface area contributed by atoms with Gasteiger partial charge in [-0.3, -0.25) is 4.79 Å². The molecule has 8 heteroatoms. The van der Waals surface area contributed by atoms with Crippen molar-refractivity contribution in [2.24, 2.45) is 0 Å². The fourth-order valence-corrected chi connectivity index (χ4v) is 4.38. The van der Waals surface area contributed by atoms with Gasteiger partial charge in [0.1, 0.15) is 4.90 Å². The number of anilines is 2. The van der Waals surface area contributed by atoms with Crippen molar-refractivity contribution in [3.05, 3.63) is 53.6 Å². The Bertz CT molecular complexity index is 853. The summed E-state index contributed by atoms with van der Waals surface area (Å²) < 4.78 is 26.7. The van der Waals surface area contributed by atoms with Gasteiger partial charge in [0.05, 0.1) is 11.6 Å². The van der Waals surface area contributed by atoms with Gasteiger partial charge >= 0.3 is 0 Å². The van der Waals surface area contributed by atoms with Crippen LogP contribution in [-0.2, 0) is 14.8 Å². The van der Waals surface area contributed by atoms with Crippen molar-refractivity contribution in [2.75, 3.05) is 30.3 Å². The maximum atomic E-state index is 12.7. The van der Waals surface area contributed by atoms with Crippen molar-refractivity contribution in [1.82, 2.24) is 4.31 Å². The molecule has 0 aliphatic rings.